The molecule has 1 aromatic heterocycles. The minimum Gasteiger partial charge on any atom is -0.387 e. The Morgan fingerprint density at radius 1 is 1.15 bits per heavy atom. The van der Waals surface area contributed by atoms with E-state index in [1.165, 1.54) is 0 Å². The molecule has 106 valence electrons. The molecule has 0 saturated heterocycles. The van der Waals surface area contributed by atoms with Crippen LogP contribution in [0.4, 0.5) is 5.95 Å². The van der Waals surface area contributed by atoms with E-state index in [-0.39, 0.29) is 0 Å². The molecule has 1 atom stereocenters. The molecule has 2 aromatic rings. The van der Waals surface area contributed by atoms with Gasteiger partial charge in [-0.25, -0.2) is 9.97 Å². The van der Waals surface area contributed by atoms with Gasteiger partial charge in [0.05, 0.1) is 6.10 Å². The van der Waals surface area contributed by atoms with Gasteiger partial charge in [-0.3, -0.25) is 0 Å². The van der Waals surface area contributed by atoms with Crippen LogP contribution in [0.15, 0.2) is 36.4 Å². The normalized spacial score (nSPS) is 12.4. The Morgan fingerprint density at radius 3 is 2.50 bits per heavy atom. The Hall–Kier alpha value is -1.94. The fourth-order valence-corrected chi connectivity index (χ4v) is 1.95. The highest BCUT2D eigenvalue weighted by molar-refractivity contribution is 5.30. The number of hydrogen-bond donors (Lipinski definition) is 2. The fraction of sp³-hybridized carbons (Fsp3) is 0.375. The fourth-order valence-electron chi connectivity index (χ4n) is 1.95. The molecule has 2 rings (SSSR count). The average Bonchev–Trinajstić information content (AvgIpc) is 2.45. The number of aliphatic hydroxyl groups excluding tert-OH is 1. The van der Waals surface area contributed by atoms with E-state index in [2.05, 4.69) is 29.1 Å². The van der Waals surface area contributed by atoms with E-state index in [4.69, 9.17) is 0 Å². The third-order valence-electron chi connectivity index (χ3n) is 3.10. The van der Waals surface area contributed by atoms with Gasteiger partial charge in [-0.05, 0) is 24.5 Å². The van der Waals surface area contributed by atoms with E-state index in [0.717, 1.165) is 17.0 Å². The maximum Gasteiger partial charge on any atom is 0.223 e. The Morgan fingerprint density at radius 2 is 1.85 bits per heavy atom. The average molecular weight is 271 g/mol. The van der Waals surface area contributed by atoms with Gasteiger partial charge in [-0.2, -0.15) is 0 Å². The molecule has 20 heavy (non-hydrogen) atoms. The molecule has 0 amide bonds. The Kier molecular flexibility index (Phi) is 4.69. The number of rotatable bonds is 5. The van der Waals surface area contributed by atoms with Crippen LogP contribution in [0.25, 0.3) is 0 Å². The molecule has 4 heteroatoms. The smallest absolute Gasteiger partial charge is 0.223 e. The third kappa shape index (κ3) is 3.78. The lowest BCUT2D eigenvalue weighted by molar-refractivity contribution is 0.191. The topological polar surface area (TPSA) is 58.0 Å². The minimum absolute atomic E-state index is 0.358. The Labute approximate surface area is 119 Å². The van der Waals surface area contributed by atoms with E-state index in [1.807, 2.05) is 43.3 Å². The highest BCUT2D eigenvalue weighted by Gasteiger charge is 2.09. The van der Waals surface area contributed by atoms with Crippen LogP contribution in [0.5, 0.6) is 0 Å². The number of benzene rings is 1. The van der Waals surface area contributed by atoms with Crippen LogP contribution in [0.1, 0.15) is 42.8 Å². The van der Waals surface area contributed by atoms with Crippen molar-refractivity contribution in [3.05, 3.63) is 53.3 Å². The highest BCUT2D eigenvalue weighted by Crippen LogP contribution is 2.16. The number of nitrogens with one attached hydrogen (secondary N) is 1. The largest absolute Gasteiger partial charge is 0.387 e. The van der Waals surface area contributed by atoms with Gasteiger partial charge in [0, 0.05) is 17.9 Å². The highest BCUT2D eigenvalue weighted by atomic mass is 16.3. The van der Waals surface area contributed by atoms with Crippen molar-refractivity contribution in [1.29, 1.82) is 0 Å². The quantitative estimate of drug-likeness (QED) is 0.877. The summed E-state index contributed by atoms with van der Waals surface area (Å²) in [6.45, 7) is 6.55. The summed E-state index contributed by atoms with van der Waals surface area (Å²) in [5, 5.41) is 13.2. The van der Waals surface area contributed by atoms with Crippen molar-refractivity contribution in [2.45, 2.75) is 32.8 Å². The summed E-state index contributed by atoms with van der Waals surface area (Å²) >= 11 is 0. The van der Waals surface area contributed by atoms with Crippen molar-refractivity contribution in [3.63, 3.8) is 0 Å². The van der Waals surface area contributed by atoms with Crippen LogP contribution in [0.3, 0.4) is 0 Å². The second-order valence-corrected chi connectivity index (χ2v) is 5.22. The van der Waals surface area contributed by atoms with Crippen molar-refractivity contribution in [2.24, 2.45) is 0 Å². The molecule has 0 saturated carbocycles. The zero-order valence-corrected chi connectivity index (χ0v) is 12.2. The van der Waals surface area contributed by atoms with E-state index in [0.29, 0.717) is 18.4 Å². The summed E-state index contributed by atoms with van der Waals surface area (Å²) in [4.78, 5) is 8.81. The van der Waals surface area contributed by atoms with E-state index in [9.17, 15) is 5.11 Å². The minimum atomic E-state index is -0.567. The number of aromatic nitrogens is 2. The molecule has 2 N–H and O–H groups in total. The van der Waals surface area contributed by atoms with Crippen molar-refractivity contribution in [3.8, 4) is 0 Å². The second kappa shape index (κ2) is 6.48. The molecule has 1 unspecified atom stereocenters. The van der Waals surface area contributed by atoms with Crippen LogP contribution in [0, 0.1) is 6.92 Å². The second-order valence-electron chi connectivity index (χ2n) is 5.22. The van der Waals surface area contributed by atoms with Crippen molar-refractivity contribution < 1.29 is 5.11 Å². The predicted octanol–water partition coefficient (Wildman–Crippen LogP) is 3.05. The monoisotopic (exact) mass is 271 g/mol. The molecule has 0 aliphatic carbocycles. The van der Waals surface area contributed by atoms with Crippen LogP contribution in [-0.2, 0) is 0 Å². The van der Waals surface area contributed by atoms with E-state index < -0.39 is 6.10 Å². The maximum absolute atomic E-state index is 10.1. The number of aliphatic hydroxyl groups is 1. The van der Waals surface area contributed by atoms with Crippen molar-refractivity contribution in [2.75, 3.05) is 11.9 Å². The number of anilines is 1. The zero-order valence-electron chi connectivity index (χ0n) is 12.2. The summed E-state index contributed by atoms with van der Waals surface area (Å²) in [7, 11) is 0. The Balaban J connectivity index is 2.04. The van der Waals surface area contributed by atoms with Gasteiger partial charge < -0.3 is 10.4 Å². The van der Waals surface area contributed by atoms with Crippen LogP contribution in [0.2, 0.25) is 0 Å². The molecule has 0 aliphatic rings. The van der Waals surface area contributed by atoms with Crippen LogP contribution >= 0.6 is 0 Å². The molecule has 1 aromatic carbocycles. The molecule has 0 aliphatic heterocycles. The first-order valence-electron chi connectivity index (χ1n) is 6.88. The predicted molar refractivity (Wildman–Crippen MR) is 80.7 cm³/mol. The van der Waals surface area contributed by atoms with Gasteiger partial charge in [0.25, 0.3) is 0 Å². The zero-order chi connectivity index (χ0) is 14.5. The standard InChI is InChI=1S/C16H21N3O/c1-11(2)14-9-12(3)18-16(19-14)17-10-15(20)13-7-5-4-6-8-13/h4-9,11,15,20H,10H2,1-3H3,(H,17,18,19). The first kappa shape index (κ1) is 14.5. The van der Waals surface area contributed by atoms with Crippen molar-refractivity contribution >= 4 is 5.95 Å². The maximum atomic E-state index is 10.1. The molecular weight excluding hydrogens is 250 g/mol. The lowest BCUT2D eigenvalue weighted by Gasteiger charge is -2.14. The lowest BCUT2D eigenvalue weighted by atomic mass is 10.1. The SMILES string of the molecule is Cc1cc(C(C)C)nc(NCC(O)c2ccccc2)n1. The van der Waals surface area contributed by atoms with Gasteiger partial charge in [0.2, 0.25) is 5.95 Å². The number of nitrogens with zero attached hydrogens (tertiary/aromatic N) is 2. The number of hydrogen-bond acceptors (Lipinski definition) is 4. The molecule has 4 nitrogen and oxygen atoms in total. The van der Waals surface area contributed by atoms with Gasteiger partial charge in [0.15, 0.2) is 0 Å². The van der Waals surface area contributed by atoms with Gasteiger partial charge in [0.1, 0.15) is 0 Å². The summed E-state index contributed by atoms with van der Waals surface area (Å²) < 4.78 is 0. The molecule has 0 spiro atoms. The van der Waals surface area contributed by atoms with Gasteiger partial charge >= 0.3 is 0 Å². The summed E-state index contributed by atoms with van der Waals surface area (Å²) in [5.41, 5.74) is 2.83. The third-order valence-corrected chi connectivity index (χ3v) is 3.10. The summed E-state index contributed by atoms with van der Waals surface area (Å²) in [6.07, 6.45) is -0.567. The molecule has 1 heterocycles. The first-order valence-corrected chi connectivity index (χ1v) is 6.88. The number of aryl methyl sites for hydroxylation is 1. The van der Waals surface area contributed by atoms with Crippen LogP contribution < -0.4 is 5.32 Å². The van der Waals surface area contributed by atoms with Gasteiger partial charge in [-0.15, -0.1) is 0 Å². The lowest BCUT2D eigenvalue weighted by Crippen LogP contribution is -2.15. The first-order chi connectivity index (χ1) is 9.56. The van der Waals surface area contributed by atoms with E-state index in [1.54, 1.807) is 0 Å². The molecule has 0 bridgehead atoms. The molecule has 0 fully saturated rings. The summed E-state index contributed by atoms with van der Waals surface area (Å²) in [5.74, 6) is 0.931. The Bertz CT molecular complexity index is 555. The van der Waals surface area contributed by atoms with Crippen LogP contribution in [-0.4, -0.2) is 21.6 Å². The van der Waals surface area contributed by atoms with E-state index >= 15 is 0 Å². The van der Waals surface area contributed by atoms with Crippen molar-refractivity contribution in [1.82, 2.24) is 9.97 Å². The molecular formula is C16H21N3O. The summed E-state index contributed by atoms with van der Waals surface area (Å²) in [6, 6.07) is 11.6. The van der Waals surface area contributed by atoms with Gasteiger partial charge in [-0.1, -0.05) is 44.2 Å². The molecule has 0 radical (unpaired) electrons.